The van der Waals surface area contributed by atoms with Crippen LogP contribution in [0.15, 0.2) is 65.7 Å². The van der Waals surface area contributed by atoms with E-state index in [1.807, 2.05) is 38.2 Å². The van der Waals surface area contributed by atoms with Crippen LogP contribution in [0, 0.1) is 6.92 Å². The number of pyridine rings is 1. The van der Waals surface area contributed by atoms with Crippen LogP contribution in [0.25, 0.3) is 10.9 Å². The molecule has 0 aliphatic carbocycles. The van der Waals surface area contributed by atoms with Crippen molar-refractivity contribution in [1.82, 2.24) is 14.3 Å². The van der Waals surface area contributed by atoms with Gasteiger partial charge in [-0.05, 0) is 62.0 Å². The van der Waals surface area contributed by atoms with E-state index in [-0.39, 0.29) is 4.90 Å². The highest BCUT2D eigenvalue weighted by Gasteiger charge is 2.22. The summed E-state index contributed by atoms with van der Waals surface area (Å²) in [4.78, 5) is 4.37. The number of aromatic nitrogens is 2. The van der Waals surface area contributed by atoms with Gasteiger partial charge in [-0.3, -0.25) is 0 Å². The van der Waals surface area contributed by atoms with Crippen LogP contribution < -0.4 is 10.6 Å². The number of fused-ring (bicyclic) bond motifs is 1. The fourth-order valence-electron chi connectivity index (χ4n) is 3.39. The maximum atomic E-state index is 13.4. The van der Waals surface area contributed by atoms with E-state index in [9.17, 15) is 8.42 Å². The van der Waals surface area contributed by atoms with Gasteiger partial charge in [-0.1, -0.05) is 35.3 Å². The van der Waals surface area contributed by atoms with Gasteiger partial charge in [0.25, 0.3) is 10.0 Å². The van der Waals surface area contributed by atoms with Crippen molar-refractivity contribution >= 4 is 55.5 Å². The van der Waals surface area contributed by atoms with Gasteiger partial charge in [0.2, 0.25) is 0 Å². The van der Waals surface area contributed by atoms with Crippen LogP contribution in [0.1, 0.15) is 11.3 Å². The summed E-state index contributed by atoms with van der Waals surface area (Å²) in [6.45, 7) is 2.38. The normalized spacial score (nSPS) is 11.7. The Labute approximate surface area is 190 Å². The molecular weight excluding hydrogens is 455 g/mol. The predicted octanol–water partition coefficient (Wildman–Crippen LogP) is 5.35. The summed E-state index contributed by atoms with van der Waals surface area (Å²) in [5.41, 5.74) is 3.55. The molecule has 4 rings (SSSR count). The highest BCUT2D eigenvalue weighted by Crippen LogP contribution is 2.31. The average molecular weight is 475 g/mol. The highest BCUT2D eigenvalue weighted by atomic mass is 35.5. The van der Waals surface area contributed by atoms with E-state index < -0.39 is 10.0 Å². The number of benzene rings is 2. The van der Waals surface area contributed by atoms with Crippen molar-refractivity contribution in [1.29, 1.82) is 0 Å². The molecule has 2 aromatic heterocycles. The number of halogens is 2. The second kappa shape index (κ2) is 8.51. The zero-order chi connectivity index (χ0) is 22.2. The Hall–Kier alpha value is -2.58. The minimum atomic E-state index is -3.85. The van der Waals surface area contributed by atoms with Gasteiger partial charge in [0.15, 0.2) is 5.15 Å². The Morgan fingerprint density at radius 3 is 2.58 bits per heavy atom. The lowest BCUT2D eigenvalue weighted by Gasteiger charge is -2.11. The molecule has 0 radical (unpaired) electrons. The summed E-state index contributed by atoms with van der Waals surface area (Å²) in [6, 6.07) is 15.5. The van der Waals surface area contributed by atoms with E-state index in [2.05, 4.69) is 15.6 Å². The van der Waals surface area contributed by atoms with Crippen LogP contribution in [0.2, 0.25) is 10.2 Å². The average Bonchev–Trinajstić information content (AvgIpc) is 3.09. The molecule has 2 heterocycles. The van der Waals surface area contributed by atoms with Crippen molar-refractivity contribution in [3.8, 4) is 0 Å². The molecule has 0 spiro atoms. The van der Waals surface area contributed by atoms with E-state index in [1.165, 1.54) is 16.1 Å². The van der Waals surface area contributed by atoms with E-state index in [1.54, 1.807) is 24.4 Å². The van der Waals surface area contributed by atoms with Crippen molar-refractivity contribution < 1.29 is 8.42 Å². The van der Waals surface area contributed by atoms with Crippen LogP contribution in [0.3, 0.4) is 0 Å². The topological polar surface area (TPSA) is 76.0 Å². The van der Waals surface area contributed by atoms with Gasteiger partial charge in [-0.25, -0.2) is 17.4 Å². The molecule has 9 heteroatoms. The van der Waals surface area contributed by atoms with Gasteiger partial charge in [0.1, 0.15) is 0 Å². The molecule has 0 fully saturated rings. The van der Waals surface area contributed by atoms with Crippen LogP contribution in [-0.2, 0) is 16.6 Å². The molecule has 0 bridgehead atoms. The molecule has 0 saturated carbocycles. The van der Waals surface area contributed by atoms with E-state index in [0.29, 0.717) is 33.6 Å². The fraction of sp³-hybridized carbons (Fsp3) is 0.136. The van der Waals surface area contributed by atoms with Gasteiger partial charge < -0.3 is 10.6 Å². The zero-order valence-electron chi connectivity index (χ0n) is 16.9. The minimum Gasteiger partial charge on any atom is -0.353 e. The lowest BCUT2D eigenvalue weighted by atomic mass is 10.1. The van der Waals surface area contributed by atoms with Crippen LogP contribution in [0.4, 0.5) is 11.4 Å². The van der Waals surface area contributed by atoms with Crippen molar-refractivity contribution in [3.63, 3.8) is 0 Å². The number of rotatable bonds is 6. The molecule has 160 valence electrons. The first-order valence-corrected chi connectivity index (χ1v) is 11.7. The molecule has 2 aromatic carbocycles. The van der Waals surface area contributed by atoms with E-state index in [4.69, 9.17) is 23.2 Å². The molecule has 0 aliphatic rings. The Morgan fingerprint density at radius 2 is 1.87 bits per heavy atom. The quantitative estimate of drug-likeness (QED) is 0.368. The van der Waals surface area contributed by atoms with Gasteiger partial charge in [-0.15, -0.1) is 0 Å². The van der Waals surface area contributed by atoms with Crippen molar-refractivity contribution in [3.05, 3.63) is 82.2 Å². The fourth-order valence-corrected chi connectivity index (χ4v) is 5.32. The van der Waals surface area contributed by atoms with Crippen molar-refractivity contribution in [2.45, 2.75) is 18.4 Å². The van der Waals surface area contributed by atoms with E-state index in [0.717, 1.165) is 16.6 Å². The van der Waals surface area contributed by atoms with Crippen molar-refractivity contribution in [2.24, 2.45) is 0 Å². The number of hydrogen-bond acceptors (Lipinski definition) is 5. The summed E-state index contributed by atoms with van der Waals surface area (Å²) in [6.07, 6.45) is 1.64. The third-order valence-electron chi connectivity index (χ3n) is 4.84. The summed E-state index contributed by atoms with van der Waals surface area (Å²) >= 11 is 12.3. The summed E-state index contributed by atoms with van der Waals surface area (Å²) < 4.78 is 28.1. The molecule has 0 amide bonds. The lowest BCUT2D eigenvalue weighted by molar-refractivity contribution is 0.589. The third kappa shape index (κ3) is 4.27. The summed E-state index contributed by atoms with van der Waals surface area (Å²) in [7, 11) is -2.03. The van der Waals surface area contributed by atoms with E-state index >= 15 is 0 Å². The van der Waals surface area contributed by atoms with Crippen LogP contribution in [0.5, 0.6) is 0 Å². The Morgan fingerprint density at radius 1 is 1.06 bits per heavy atom. The first-order valence-electron chi connectivity index (χ1n) is 9.49. The molecule has 2 N–H and O–H groups in total. The molecular formula is C22H20Cl2N4O2S. The summed E-state index contributed by atoms with van der Waals surface area (Å²) in [5, 5.41) is 7.84. The molecule has 6 nitrogen and oxygen atoms in total. The van der Waals surface area contributed by atoms with Crippen LogP contribution in [-0.4, -0.2) is 24.4 Å². The zero-order valence-corrected chi connectivity index (χ0v) is 19.2. The second-order valence-electron chi connectivity index (χ2n) is 7.09. The smallest absolute Gasteiger partial charge is 0.268 e. The predicted molar refractivity (Wildman–Crippen MR) is 126 cm³/mol. The molecule has 0 saturated heterocycles. The number of nitrogens with one attached hydrogen (secondary N) is 2. The maximum Gasteiger partial charge on any atom is 0.268 e. The molecule has 4 aromatic rings. The first-order chi connectivity index (χ1) is 14.8. The Bertz CT molecular complexity index is 1380. The molecule has 31 heavy (non-hydrogen) atoms. The van der Waals surface area contributed by atoms with Gasteiger partial charge in [-0.2, -0.15) is 0 Å². The SMILES string of the molecule is CNCc1cn(S(=O)(=O)c2cccc(Cl)c2)c2cc(Nc3ccc(C)nc3Cl)ccc12. The highest BCUT2D eigenvalue weighted by molar-refractivity contribution is 7.90. The standard InChI is InChI=1S/C22H20Cl2N4O2S/c1-14-6-9-20(22(24)26-14)27-17-7-8-19-15(12-25-2)13-28(21(19)11-17)31(29,30)18-5-3-4-16(23)10-18/h3-11,13,25,27H,12H2,1-2H3. The number of aryl methyl sites for hydroxylation is 1. The number of anilines is 2. The Balaban J connectivity index is 1.85. The third-order valence-corrected chi connectivity index (χ3v) is 7.03. The van der Waals surface area contributed by atoms with Gasteiger partial charge >= 0.3 is 0 Å². The largest absolute Gasteiger partial charge is 0.353 e. The van der Waals surface area contributed by atoms with Crippen LogP contribution >= 0.6 is 23.2 Å². The number of hydrogen-bond donors (Lipinski definition) is 2. The first kappa shape index (κ1) is 21.6. The Kier molecular flexibility index (Phi) is 5.94. The molecule has 0 atom stereocenters. The minimum absolute atomic E-state index is 0.122. The van der Waals surface area contributed by atoms with Gasteiger partial charge in [0.05, 0.1) is 16.1 Å². The second-order valence-corrected chi connectivity index (χ2v) is 9.70. The monoisotopic (exact) mass is 474 g/mol. The molecule has 0 unspecified atom stereocenters. The maximum absolute atomic E-state index is 13.4. The lowest BCUT2D eigenvalue weighted by Crippen LogP contribution is -2.12. The van der Waals surface area contributed by atoms with Crippen molar-refractivity contribution in [2.75, 3.05) is 12.4 Å². The number of nitrogens with zero attached hydrogens (tertiary/aromatic N) is 2. The summed E-state index contributed by atoms with van der Waals surface area (Å²) in [5.74, 6) is 0. The van der Waals surface area contributed by atoms with Gasteiger partial charge in [0, 0.05) is 34.5 Å². The molecule has 0 aliphatic heterocycles.